The molecule has 0 aromatic carbocycles. The first-order valence-corrected chi connectivity index (χ1v) is 4.55. The average Bonchev–Trinajstić information content (AvgIpc) is 2.51. The minimum atomic E-state index is -0.703. The van der Waals surface area contributed by atoms with Gasteiger partial charge in [-0.25, -0.2) is 0 Å². The first-order chi connectivity index (χ1) is 6.00. The second kappa shape index (κ2) is 3.36. The molecular formula is C9H16N2O2. The fraction of sp³-hybridized carbons (Fsp3) is 0.778. The number of primary amides is 1. The van der Waals surface area contributed by atoms with Gasteiger partial charge in [-0.2, -0.15) is 0 Å². The summed E-state index contributed by atoms with van der Waals surface area (Å²) in [5.74, 6) is -0.469. The summed E-state index contributed by atoms with van der Waals surface area (Å²) in [6.45, 7) is 1.46. The summed E-state index contributed by atoms with van der Waals surface area (Å²) in [6.07, 6.45) is 3.36. The van der Waals surface area contributed by atoms with Crippen LogP contribution in [0.5, 0.6) is 0 Å². The van der Waals surface area contributed by atoms with E-state index < -0.39 is 5.54 Å². The van der Waals surface area contributed by atoms with Crippen molar-refractivity contribution < 1.29 is 9.59 Å². The summed E-state index contributed by atoms with van der Waals surface area (Å²) in [7, 11) is 1.65. The van der Waals surface area contributed by atoms with E-state index in [0.29, 0.717) is 12.8 Å². The van der Waals surface area contributed by atoms with Gasteiger partial charge < -0.3 is 10.6 Å². The van der Waals surface area contributed by atoms with E-state index in [1.807, 2.05) is 0 Å². The van der Waals surface area contributed by atoms with Crippen LogP contribution in [0.2, 0.25) is 0 Å². The standard InChI is InChI=1S/C9H16N2O2/c1-7(12)11(2)9(8(10)13)5-3-4-6-9/h3-6H2,1-2H3,(H2,10,13). The molecule has 4 nitrogen and oxygen atoms in total. The van der Waals surface area contributed by atoms with Crippen molar-refractivity contribution >= 4 is 11.8 Å². The zero-order valence-corrected chi connectivity index (χ0v) is 8.17. The lowest BCUT2D eigenvalue weighted by atomic mass is 9.95. The van der Waals surface area contributed by atoms with Gasteiger partial charge in [0.2, 0.25) is 11.8 Å². The second-order valence-electron chi connectivity index (χ2n) is 3.68. The number of rotatable bonds is 2. The van der Waals surface area contributed by atoms with Crippen LogP contribution in [0.3, 0.4) is 0 Å². The van der Waals surface area contributed by atoms with E-state index >= 15 is 0 Å². The molecule has 1 rings (SSSR count). The number of nitrogens with two attached hydrogens (primary N) is 1. The lowest BCUT2D eigenvalue weighted by molar-refractivity contribution is -0.142. The quantitative estimate of drug-likeness (QED) is 0.669. The number of amides is 2. The van der Waals surface area contributed by atoms with Gasteiger partial charge in [-0.05, 0) is 12.8 Å². The normalized spacial score (nSPS) is 19.8. The highest BCUT2D eigenvalue weighted by atomic mass is 16.2. The zero-order chi connectivity index (χ0) is 10.1. The van der Waals surface area contributed by atoms with Crippen molar-refractivity contribution in [2.75, 3.05) is 7.05 Å². The fourth-order valence-electron chi connectivity index (χ4n) is 2.01. The largest absolute Gasteiger partial charge is 0.368 e. The Hall–Kier alpha value is -1.06. The molecule has 0 bridgehead atoms. The van der Waals surface area contributed by atoms with Gasteiger partial charge in [0, 0.05) is 14.0 Å². The Kier molecular flexibility index (Phi) is 2.59. The zero-order valence-electron chi connectivity index (χ0n) is 8.17. The molecule has 0 atom stereocenters. The van der Waals surface area contributed by atoms with Gasteiger partial charge >= 0.3 is 0 Å². The third kappa shape index (κ3) is 1.53. The summed E-state index contributed by atoms with van der Waals surface area (Å²) >= 11 is 0. The maximum absolute atomic E-state index is 11.3. The Morgan fingerprint density at radius 3 is 2.08 bits per heavy atom. The molecule has 0 aromatic rings. The van der Waals surface area contributed by atoms with Crippen LogP contribution in [0.15, 0.2) is 0 Å². The number of hydrogen-bond acceptors (Lipinski definition) is 2. The SMILES string of the molecule is CC(=O)N(C)C1(C(N)=O)CCCC1. The van der Waals surface area contributed by atoms with E-state index in [2.05, 4.69) is 0 Å². The molecule has 0 aromatic heterocycles. The summed E-state index contributed by atoms with van der Waals surface area (Å²) in [4.78, 5) is 23.9. The lowest BCUT2D eigenvalue weighted by Crippen LogP contribution is -2.55. The van der Waals surface area contributed by atoms with Gasteiger partial charge in [0.15, 0.2) is 0 Å². The molecule has 0 spiro atoms. The van der Waals surface area contributed by atoms with E-state index in [1.54, 1.807) is 7.05 Å². The molecule has 0 radical (unpaired) electrons. The first kappa shape index (κ1) is 10.0. The number of carbonyl (C=O) groups is 2. The Morgan fingerprint density at radius 2 is 1.77 bits per heavy atom. The van der Waals surface area contributed by atoms with Crippen molar-refractivity contribution in [3.8, 4) is 0 Å². The van der Waals surface area contributed by atoms with Gasteiger partial charge in [0.1, 0.15) is 5.54 Å². The van der Waals surface area contributed by atoms with Crippen LogP contribution in [0.1, 0.15) is 32.6 Å². The monoisotopic (exact) mass is 184 g/mol. The van der Waals surface area contributed by atoms with Crippen LogP contribution in [0.4, 0.5) is 0 Å². The smallest absolute Gasteiger partial charge is 0.243 e. The van der Waals surface area contributed by atoms with Crippen molar-refractivity contribution in [1.29, 1.82) is 0 Å². The lowest BCUT2D eigenvalue weighted by Gasteiger charge is -2.35. The van der Waals surface area contributed by atoms with Crippen LogP contribution in [-0.4, -0.2) is 29.3 Å². The van der Waals surface area contributed by atoms with Crippen LogP contribution in [0, 0.1) is 0 Å². The van der Waals surface area contributed by atoms with Gasteiger partial charge in [-0.3, -0.25) is 9.59 Å². The molecule has 4 heteroatoms. The molecule has 0 aliphatic heterocycles. The molecule has 0 saturated heterocycles. The third-order valence-corrected chi connectivity index (χ3v) is 3.00. The van der Waals surface area contributed by atoms with E-state index in [9.17, 15) is 9.59 Å². The highest BCUT2D eigenvalue weighted by molar-refractivity contribution is 5.89. The van der Waals surface area contributed by atoms with Gasteiger partial charge in [0.05, 0.1) is 0 Å². The van der Waals surface area contributed by atoms with Crippen LogP contribution < -0.4 is 5.73 Å². The first-order valence-electron chi connectivity index (χ1n) is 4.55. The molecule has 74 valence electrons. The molecule has 13 heavy (non-hydrogen) atoms. The molecule has 0 heterocycles. The number of nitrogens with zero attached hydrogens (tertiary/aromatic N) is 1. The van der Waals surface area contributed by atoms with Crippen molar-refractivity contribution in [2.24, 2.45) is 5.73 Å². The molecule has 0 unspecified atom stereocenters. The minimum Gasteiger partial charge on any atom is -0.368 e. The molecule has 1 saturated carbocycles. The van der Waals surface area contributed by atoms with E-state index in [0.717, 1.165) is 12.8 Å². The summed E-state index contributed by atoms with van der Waals surface area (Å²) in [5, 5.41) is 0. The predicted molar refractivity (Wildman–Crippen MR) is 48.8 cm³/mol. The Balaban J connectivity index is 2.90. The second-order valence-corrected chi connectivity index (χ2v) is 3.68. The Labute approximate surface area is 78.1 Å². The van der Waals surface area contributed by atoms with Crippen molar-refractivity contribution in [3.05, 3.63) is 0 Å². The van der Waals surface area contributed by atoms with Crippen molar-refractivity contribution in [1.82, 2.24) is 4.90 Å². The van der Waals surface area contributed by atoms with Crippen molar-refractivity contribution in [3.63, 3.8) is 0 Å². The molecule has 2 amide bonds. The van der Waals surface area contributed by atoms with Crippen LogP contribution >= 0.6 is 0 Å². The predicted octanol–water partition coefficient (Wildman–Crippen LogP) is 0.263. The van der Waals surface area contributed by atoms with Crippen LogP contribution in [0.25, 0.3) is 0 Å². The Bertz CT molecular complexity index is 232. The average molecular weight is 184 g/mol. The molecule has 1 aliphatic rings. The van der Waals surface area contributed by atoms with E-state index in [1.165, 1.54) is 11.8 Å². The minimum absolute atomic E-state index is 0.0966. The third-order valence-electron chi connectivity index (χ3n) is 3.00. The Morgan fingerprint density at radius 1 is 1.31 bits per heavy atom. The molecular weight excluding hydrogens is 168 g/mol. The number of likely N-dealkylation sites (N-methyl/N-ethyl adjacent to an activating group) is 1. The van der Waals surface area contributed by atoms with Gasteiger partial charge in [-0.15, -0.1) is 0 Å². The molecule has 1 aliphatic carbocycles. The molecule has 2 N–H and O–H groups in total. The maximum Gasteiger partial charge on any atom is 0.243 e. The fourth-order valence-corrected chi connectivity index (χ4v) is 2.01. The maximum atomic E-state index is 11.3. The summed E-state index contributed by atoms with van der Waals surface area (Å²) in [5.41, 5.74) is 4.64. The van der Waals surface area contributed by atoms with Crippen molar-refractivity contribution in [2.45, 2.75) is 38.1 Å². The van der Waals surface area contributed by atoms with E-state index in [4.69, 9.17) is 5.73 Å². The number of hydrogen-bond donors (Lipinski definition) is 1. The van der Waals surface area contributed by atoms with E-state index in [-0.39, 0.29) is 11.8 Å². The highest BCUT2D eigenvalue weighted by Crippen LogP contribution is 2.34. The highest BCUT2D eigenvalue weighted by Gasteiger charge is 2.44. The molecule has 1 fully saturated rings. The van der Waals surface area contributed by atoms with Gasteiger partial charge in [0.25, 0.3) is 0 Å². The summed E-state index contributed by atoms with van der Waals surface area (Å²) in [6, 6.07) is 0. The van der Waals surface area contributed by atoms with Crippen LogP contribution in [-0.2, 0) is 9.59 Å². The van der Waals surface area contributed by atoms with Gasteiger partial charge in [-0.1, -0.05) is 12.8 Å². The number of carbonyl (C=O) groups excluding carboxylic acids is 2. The summed E-state index contributed by atoms with van der Waals surface area (Å²) < 4.78 is 0. The topological polar surface area (TPSA) is 63.4 Å².